The SMILES string of the molecule is C[C@@H]1CC[C@@]2(OC1)OC1CC3C4CC[C@H]5C[C@@H](O[C@@H]6O[C@H](CO)[C@H](O[C@@H]7O[C@H](CO)[C@@H](O)[C@H](O[C@@H]8OC[C@@H](O)[C@H](O)[C@H]8O)[C@H]7O[C@@H]7O[C@H](CO)[C@@H](O)[C@H](O)[C@H]7O)[C@H](O)[C@H]6O)CC[C@]5(C)C4CC[C@]3(C)C1[C@@H]2C. The van der Waals surface area contributed by atoms with E-state index in [-0.39, 0.29) is 23.0 Å². The molecule has 0 amide bonds. The second-order valence-electron chi connectivity index (χ2n) is 23.9. The highest BCUT2D eigenvalue weighted by molar-refractivity contribution is 5.15. The highest BCUT2D eigenvalue weighted by Crippen LogP contribution is 2.71. The lowest BCUT2D eigenvalue weighted by atomic mass is 9.44. The van der Waals surface area contributed by atoms with Crippen molar-refractivity contribution in [1.82, 2.24) is 0 Å². The first-order valence-corrected chi connectivity index (χ1v) is 26.7. The third-order valence-electron chi connectivity index (χ3n) is 20.0. The van der Waals surface area contributed by atoms with Crippen molar-refractivity contribution in [2.45, 2.75) is 227 Å². The van der Waals surface area contributed by atoms with Gasteiger partial charge in [0.1, 0.15) is 91.6 Å². The average Bonchev–Trinajstić information content (AvgIpc) is 3.82. The fourth-order valence-electron chi connectivity index (χ4n) is 15.9. The third-order valence-corrected chi connectivity index (χ3v) is 20.0. The Morgan fingerprint density at radius 1 is 0.514 bits per heavy atom. The highest BCUT2D eigenvalue weighted by atomic mass is 16.8. The molecule has 4 saturated carbocycles. The fraction of sp³-hybridized carbons (Fsp3) is 1.00. The molecule has 22 nitrogen and oxygen atoms in total. The van der Waals surface area contributed by atoms with Crippen LogP contribution < -0.4 is 0 Å². The summed E-state index contributed by atoms with van der Waals surface area (Å²) in [5.41, 5.74) is 0.293. The summed E-state index contributed by atoms with van der Waals surface area (Å²) in [6, 6.07) is 0. The van der Waals surface area contributed by atoms with Crippen LogP contribution in [-0.4, -0.2) is 229 Å². The summed E-state index contributed by atoms with van der Waals surface area (Å²) >= 11 is 0. The smallest absolute Gasteiger partial charge is 0.187 e. The quantitative estimate of drug-likeness (QED) is 0.0971. The standard InChI is InChI=1S/C50H82O22/c1-20-7-12-50(64-18-20)21(2)32-28(72-50)14-26-24-6-5-22-13-23(8-10-48(22,3)25(24)9-11-49(26,32)4)65-45-40(62)37(59)41(31(17-53)68-45)69-47-43(71-46-39(61)36(58)34(56)29(15-51)66-46)42(35(57)30(16-52)67-47)70-44-38(60)33(55)27(54)19-63-44/h20-47,51-62H,5-19H2,1-4H3/t20-,21+,22+,23+,24?,25?,26?,27-,28?,29-,30-,31-,32?,33+,34-,35-,36+,37-,38-,39-,40-,41+,42+,43-,44+,45-,46+,47+,48+,49+,50-/m1/s1. The van der Waals surface area contributed by atoms with Gasteiger partial charge in [-0.25, -0.2) is 0 Å². The van der Waals surface area contributed by atoms with Gasteiger partial charge in [-0.15, -0.1) is 0 Å². The van der Waals surface area contributed by atoms with Crippen molar-refractivity contribution < 1.29 is 109 Å². The van der Waals surface area contributed by atoms with Crippen LogP contribution >= 0.6 is 0 Å². The lowest BCUT2D eigenvalue weighted by Crippen LogP contribution is -2.68. The summed E-state index contributed by atoms with van der Waals surface area (Å²) in [5.74, 6) is 3.06. The fourth-order valence-corrected chi connectivity index (χ4v) is 15.9. The number of ether oxygens (including phenoxy) is 10. The van der Waals surface area contributed by atoms with Crippen molar-refractivity contribution >= 4 is 0 Å². The number of aliphatic hydroxyl groups is 12. The first-order chi connectivity index (χ1) is 34.3. The van der Waals surface area contributed by atoms with E-state index >= 15 is 0 Å². The monoisotopic (exact) mass is 1030 g/mol. The van der Waals surface area contributed by atoms with Crippen molar-refractivity contribution in [2.24, 2.45) is 52.3 Å². The zero-order chi connectivity index (χ0) is 51.3. The van der Waals surface area contributed by atoms with E-state index in [1.54, 1.807) is 0 Å². The second-order valence-corrected chi connectivity index (χ2v) is 23.9. The summed E-state index contributed by atoms with van der Waals surface area (Å²) in [5, 5.41) is 129. The molecule has 6 saturated heterocycles. The molecule has 4 aliphatic carbocycles. The molecule has 72 heavy (non-hydrogen) atoms. The minimum absolute atomic E-state index is 0.0916. The van der Waals surface area contributed by atoms with Gasteiger partial charge in [0.05, 0.1) is 45.2 Å². The predicted molar refractivity (Wildman–Crippen MR) is 242 cm³/mol. The minimum Gasteiger partial charge on any atom is -0.394 e. The molecule has 10 rings (SSSR count). The molecule has 0 aromatic heterocycles. The molecule has 0 bridgehead atoms. The van der Waals surface area contributed by atoms with Crippen LogP contribution in [0.15, 0.2) is 0 Å². The third kappa shape index (κ3) is 9.26. The van der Waals surface area contributed by atoms with Crippen LogP contribution in [0.25, 0.3) is 0 Å². The van der Waals surface area contributed by atoms with E-state index in [9.17, 15) is 61.3 Å². The van der Waals surface area contributed by atoms with Crippen molar-refractivity contribution in [3.05, 3.63) is 0 Å². The first-order valence-electron chi connectivity index (χ1n) is 26.7. The van der Waals surface area contributed by atoms with Crippen LogP contribution in [0.4, 0.5) is 0 Å². The Morgan fingerprint density at radius 3 is 1.85 bits per heavy atom. The normalized spacial score (nSPS) is 57.8. The Kier molecular flexibility index (Phi) is 15.9. The number of hydrogen-bond donors (Lipinski definition) is 12. The Morgan fingerprint density at radius 2 is 1.14 bits per heavy atom. The van der Waals surface area contributed by atoms with Crippen LogP contribution in [0.1, 0.15) is 91.9 Å². The van der Waals surface area contributed by atoms with Gasteiger partial charge in [0.25, 0.3) is 0 Å². The molecule has 22 heteroatoms. The maximum absolute atomic E-state index is 11.8. The lowest BCUT2D eigenvalue weighted by Gasteiger charge is -2.61. The molecule has 10 fully saturated rings. The van der Waals surface area contributed by atoms with Gasteiger partial charge in [0, 0.05) is 12.3 Å². The number of fused-ring (bicyclic) bond motifs is 7. The molecule has 5 unspecified atom stereocenters. The van der Waals surface area contributed by atoms with E-state index < -0.39 is 149 Å². The molecule has 0 aromatic carbocycles. The molecule has 10 aliphatic rings. The van der Waals surface area contributed by atoms with E-state index in [0.29, 0.717) is 47.8 Å². The first kappa shape index (κ1) is 54.5. The average molecular weight is 1040 g/mol. The van der Waals surface area contributed by atoms with E-state index in [1.165, 1.54) is 12.8 Å². The van der Waals surface area contributed by atoms with Gasteiger partial charge in [0.2, 0.25) is 0 Å². The Labute approximate surface area is 419 Å². The van der Waals surface area contributed by atoms with Crippen LogP contribution in [0.3, 0.4) is 0 Å². The molecule has 0 radical (unpaired) electrons. The Balaban J connectivity index is 0.812. The van der Waals surface area contributed by atoms with Crippen molar-refractivity contribution in [1.29, 1.82) is 0 Å². The number of rotatable bonds is 11. The Hall–Kier alpha value is -0.880. The van der Waals surface area contributed by atoms with Gasteiger partial charge in [-0.1, -0.05) is 27.7 Å². The zero-order valence-corrected chi connectivity index (χ0v) is 41.7. The van der Waals surface area contributed by atoms with E-state index in [2.05, 4.69) is 27.7 Å². The van der Waals surface area contributed by atoms with Crippen LogP contribution in [0, 0.1) is 52.3 Å². The van der Waals surface area contributed by atoms with Crippen LogP contribution in [0.5, 0.6) is 0 Å². The minimum atomic E-state index is -2.00. The van der Waals surface area contributed by atoms with E-state index in [1.807, 2.05) is 0 Å². The summed E-state index contributed by atoms with van der Waals surface area (Å²) in [6.45, 7) is 7.42. The lowest BCUT2D eigenvalue weighted by molar-refractivity contribution is -0.404. The molecule has 0 aromatic rings. The largest absolute Gasteiger partial charge is 0.394 e. The van der Waals surface area contributed by atoms with Gasteiger partial charge >= 0.3 is 0 Å². The molecule has 12 N–H and O–H groups in total. The Bertz CT molecular complexity index is 1830. The van der Waals surface area contributed by atoms with Crippen LogP contribution in [-0.2, 0) is 47.4 Å². The van der Waals surface area contributed by atoms with Gasteiger partial charge < -0.3 is 109 Å². The maximum Gasteiger partial charge on any atom is 0.187 e. The predicted octanol–water partition coefficient (Wildman–Crippen LogP) is -2.27. The number of aliphatic hydroxyl groups excluding tert-OH is 12. The summed E-state index contributed by atoms with van der Waals surface area (Å²) in [7, 11) is 0. The van der Waals surface area contributed by atoms with Crippen LogP contribution in [0.2, 0.25) is 0 Å². The van der Waals surface area contributed by atoms with E-state index in [4.69, 9.17) is 47.4 Å². The van der Waals surface area contributed by atoms with Gasteiger partial charge in [0.15, 0.2) is 30.9 Å². The van der Waals surface area contributed by atoms with Crippen molar-refractivity contribution in [3.63, 3.8) is 0 Å². The molecular weight excluding hydrogens is 953 g/mol. The second kappa shape index (κ2) is 21.1. The number of hydrogen-bond acceptors (Lipinski definition) is 22. The molecule has 6 aliphatic heterocycles. The van der Waals surface area contributed by atoms with Crippen molar-refractivity contribution in [3.8, 4) is 0 Å². The summed E-state index contributed by atoms with van der Waals surface area (Å²) < 4.78 is 61.4. The molecule has 31 atom stereocenters. The highest BCUT2D eigenvalue weighted by Gasteiger charge is 2.69. The van der Waals surface area contributed by atoms with Gasteiger partial charge in [-0.3, -0.25) is 0 Å². The van der Waals surface area contributed by atoms with Gasteiger partial charge in [-0.05, 0) is 104 Å². The van der Waals surface area contributed by atoms with Gasteiger partial charge in [-0.2, -0.15) is 0 Å². The maximum atomic E-state index is 11.8. The molecular formula is C50H82O22. The topological polar surface area (TPSA) is 335 Å². The summed E-state index contributed by atoms with van der Waals surface area (Å²) in [6.07, 6.45) is -22.9. The summed E-state index contributed by atoms with van der Waals surface area (Å²) in [4.78, 5) is 0. The van der Waals surface area contributed by atoms with E-state index in [0.717, 1.165) is 51.6 Å². The molecule has 6 heterocycles. The molecule has 414 valence electrons. The molecule has 1 spiro atoms. The zero-order valence-electron chi connectivity index (χ0n) is 41.7. The van der Waals surface area contributed by atoms with Crippen molar-refractivity contribution in [2.75, 3.05) is 33.0 Å².